The van der Waals surface area contributed by atoms with Crippen LogP contribution in [0.4, 0.5) is 0 Å². The number of ether oxygens (including phenoxy) is 3. The van der Waals surface area contributed by atoms with E-state index in [0.717, 1.165) is 30.9 Å². The Labute approximate surface area is 121 Å². The van der Waals surface area contributed by atoms with Crippen molar-refractivity contribution in [3.63, 3.8) is 0 Å². The van der Waals surface area contributed by atoms with Gasteiger partial charge in [-0.3, -0.25) is 0 Å². The van der Waals surface area contributed by atoms with E-state index >= 15 is 0 Å². The van der Waals surface area contributed by atoms with Crippen molar-refractivity contribution in [3.8, 4) is 11.5 Å². The number of hydrogen-bond donors (Lipinski definition) is 1. The number of likely N-dealkylation sites (N-methyl/N-ethyl adjacent to an activating group) is 1. The topological polar surface area (TPSA) is 39.7 Å². The summed E-state index contributed by atoms with van der Waals surface area (Å²) in [5, 5.41) is 3.41. The Morgan fingerprint density at radius 1 is 1.20 bits per heavy atom. The second-order valence-corrected chi connectivity index (χ2v) is 5.05. The molecule has 0 spiro atoms. The van der Waals surface area contributed by atoms with Gasteiger partial charge in [0.15, 0.2) is 11.5 Å². The van der Waals surface area contributed by atoms with E-state index in [9.17, 15) is 0 Å². The third kappa shape index (κ3) is 3.44. The maximum Gasteiger partial charge on any atom is 0.161 e. The van der Waals surface area contributed by atoms with Gasteiger partial charge in [-0.15, -0.1) is 0 Å². The first-order chi connectivity index (χ1) is 9.80. The summed E-state index contributed by atoms with van der Waals surface area (Å²) in [4.78, 5) is 0. The van der Waals surface area contributed by atoms with Gasteiger partial charge >= 0.3 is 0 Å². The highest BCUT2D eigenvalue weighted by Crippen LogP contribution is 2.33. The zero-order chi connectivity index (χ0) is 14.4. The van der Waals surface area contributed by atoms with Crippen LogP contribution in [-0.2, 0) is 4.74 Å². The van der Waals surface area contributed by atoms with E-state index in [-0.39, 0.29) is 12.2 Å². The van der Waals surface area contributed by atoms with E-state index in [4.69, 9.17) is 14.2 Å². The Morgan fingerprint density at radius 2 is 1.95 bits per heavy atom. The minimum Gasteiger partial charge on any atom is -0.490 e. The van der Waals surface area contributed by atoms with E-state index in [2.05, 4.69) is 19.2 Å². The summed E-state index contributed by atoms with van der Waals surface area (Å²) in [6.07, 6.45) is 2.15. The molecule has 1 aromatic rings. The van der Waals surface area contributed by atoms with Crippen molar-refractivity contribution < 1.29 is 14.2 Å². The number of methoxy groups -OCH3 is 1. The molecule has 2 rings (SSSR count). The number of para-hydroxylation sites is 2. The molecule has 1 N–H and O–H groups in total. The number of rotatable bonds is 8. The third-order valence-corrected chi connectivity index (χ3v) is 3.58. The van der Waals surface area contributed by atoms with Crippen molar-refractivity contribution in [3.05, 3.63) is 24.3 Å². The predicted octanol–water partition coefficient (Wildman–Crippen LogP) is 2.62. The molecule has 3 atom stereocenters. The average Bonchev–Trinajstić information content (AvgIpc) is 2.45. The number of nitrogens with one attached hydrogen (secondary N) is 1. The fourth-order valence-corrected chi connectivity index (χ4v) is 2.52. The lowest BCUT2D eigenvalue weighted by molar-refractivity contribution is -0.0890. The van der Waals surface area contributed by atoms with Crippen LogP contribution in [0.1, 0.15) is 26.7 Å². The second-order valence-electron chi connectivity index (χ2n) is 5.05. The molecule has 1 saturated carbocycles. The van der Waals surface area contributed by atoms with Crippen LogP contribution in [0.5, 0.6) is 11.5 Å². The van der Waals surface area contributed by atoms with E-state index < -0.39 is 0 Å². The van der Waals surface area contributed by atoms with Crippen LogP contribution in [0.3, 0.4) is 0 Å². The van der Waals surface area contributed by atoms with Gasteiger partial charge in [0, 0.05) is 19.6 Å². The maximum atomic E-state index is 6.07. The smallest absolute Gasteiger partial charge is 0.161 e. The van der Waals surface area contributed by atoms with E-state index in [1.165, 1.54) is 0 Å². The van der Waals surface area contributed by atoms with Crippen LogP contribution in [0.2, 0.25) is 0 Å². The molecule has 0 saturated heterocycles. The van der Waals surface area contributed by atoms with E-state index in [0.29, 0.717) is 12.6 Å². The third-order valence-electron chi connectivity index (χ3n) is 3.58. The summed E-state index contributed by atoms with van der Waals surface area (Å²) < 4.78 is 17.3. The average molecular weight is 279 g/mol. The molecular weight excluding hydrogens is 254 g/mol. The highest BCUT2D eigenvalue weighted by atomic mass is 16.6. The van der Waals surface area contributed by atoms with Crippen molar-refractivity contribution in [2.45, 2.75) is 44.9 Å². The summed E-state index contributed by atoms with van der Waals surface area (Å²) >= 11 is 0. The molecule has 0 aromatic heterocycles. The van der Waals surface area contributed by atoms with Gasteiger partial charge in [0.2, 0.25) is 0 Å². The minimum absolute atomic E-state index is 0.0930. The van der Waals surface area contributed by atoms with Crippen LogP contribution >= 0.6 is 0 Å². The molecule has 20 heavy (non-hydrogen) atoms. The molecule has 1 aliphatic rings. The Balaban J connectivity index is 1.96. The summed E-state index contributed by atoms with van der Waals surface area (Å²) in [5.41, 5.74) is 0. The van der Waals surface area contributed by atoms with Crippen molar-refractivity contribution in [1.82, 2.24) is 5.32 Å². The van der Waals surface area contributed by atoms with Crippen molar-refractivity contribution in [2.75, 3.05) is 20.3 Å². The summed E-state index contributed by atoms with van der Waals surface area (Å²) in [6.45, 7) is 5.86. The van der Waals surface area contributed by atoms with Crippen LogP contribution in [0.25, 0.3) is 0 Å². The summed E-state index contributed by atoms with van der Waals surface area (Å²) in [6, 6.07) is 8.23. The molecule has 0 amide bonds. The summed E-state index contributed by atoms with van der Waals surface area (Å²) in [5.74, 6) is 1.62. The van der Waals surface area contributed by atoms with Gasteiger partial charge in [-0.1, -0.05) is 26.0 Å². The zero-order valence-electron chi connectivity index (χ0n) is 12.6. The standard InChI is InChI=1S/C16H25NO3/c1-4-10-19-13-8-6-7-9-14(13)20-15-11-12(17-5-2)16(15)18-3/h6-9,12,15-17H,4-5,10-11H2,1-3H3. The number of benzene rings is 1. The molecule has 1 fully saturated rings. The van der Waals surface area contributed by atoms with Crippen molar-refractivity contribution >= 4 is 0 Å². The first-order valence-electron chi connectivity index (χ1n) is 7.44. The molecule has 3 unspecified atom stereocenters. The van der Waals surface area contributed by atoms with Crippen LogP contribution in [0.15, 0.2) is 24.3 Å². The van der Waals surface area contributed by atoms with Crippen LogP contribution in [0, 0.1) is 0 Å². The highest BCUT2D eigenvalue weighted by molar-refractivity contribution is 5.39. The lowest BCUT2D eigenvalue weighted by Gasteiger charge is -2.43. The molecule has 0 aliphatic heterocycles. The van der Waals surface area contributed by atoms with Crippen molar-refractivity contribution in [1.29, 1.82) is 0 Å². The van der Waals surface area contributed by atoms with Gasteiger partial charge in [0.25, 0.3) is 0 Å². The molecule has 1 aliphatic carbocycles. The monoisotopic (exact) mass is 279 g/mol. The normalized spacial score (nSPS) is 25.1. The quantitative estimate of drug-likeness (QED) is 0.794. The fourth-order valence-electron chi connectivity index (χ4n) is 2.52. The molecule has 4 heteroatoms. The molecular formula is C16H25NO3. The molecule has 4 nitrogen and oxygen atoms in total. The van der Waals surface area contributed by atoms with E-state index in [1.807, 2.05) is 24.3 Å². The van der Waals surface area contributed by atoms with Gasteiger partial charge in [-0.25, -0.2) is 0 Å². The molecule has 112 valence electrons. The van der Waals surface area contributed by atoms with Crippen LogP contribution in [-0.4, -0.2) is 38.5 Å². The molecule has 1 aromatic carbocycles. The first-order valence-corrected chi connectivity index (χ1v) is 7.44. The van der Waals surface area contributed by atoms with E-state index in [1.54, 1.807) is 7.11 Å². The maximum absolute atomic E-state index is 6.07. The first kappa shape index (κ1) is 15.1. The fraction of sp³-hybridized carbons (Fsp3) is 0.625. The molecule has 0 radical (unpaired) electrons. The van der Waals surface area contributed by atoms with Gasteiger partial charge in [0.05, 0.1) is 6.61 Å². The Morgan fingerprint density at radius 3 is 2.60 bits per heavy atom. The SMILES string of the molecule is CCCOc1ccccc1OC1CC(NCC)C1OC. The Kier molecular flexibility index (Phi) is 5.68. The molecule has 0 heterocycles. The lowest BCUT2D eigenvalue weighted by atomic mass is 9.85. The zero-order valence-corrected chi connectivity index (χ0v) is 12.6. The summed E-state index contributed by atoms with van der Waals surface area (Å²) in [7, 11) is 1.74. The predicted molar refractivity (Wildman–Crippen MR) is 79.5 cm³/mol. The van der Waals surface area contributed by atoms with Gasteiger partial charge < -0.3 is 19.5 Å². The second kappa shape index (κ2) is 7.50. The highest BCUT2D eigenvalue weighted by Gasteiger charge is 2.43. The molecule has 0 bridgehead atoms. The lowest BCUT2D eigenvalue weighted by Crippen LogP contribution is -2.60. The number of hydrogen-bond acceptors (Lipinski definition) is 4. The Bertz CT molecular complexity index is 410. The van der Waals surface area contributed by atoms with Crippen LogP contribution < -0.4 is 14.8 Å². The largest absolute Gasteiger partial charge is 0.490 e. The Hall–Kier alpha value is -1.26. The van der Waals surface area contributed by atoms with Gasteiger partial charge in [0.1, 0.15) is 12.2 Å². The van der Waals surface area contributed by atoms with Crippen molar-refractivity contribution in [2.24, 2.45) is 0 Å². The minimum atomic E-state index is 0.0930. The van der Waals surface area contributed by atoms with Gasteiger partial charge in [-0.2, -0.15) is 0 Å². The van der Waals surface area contributed by atoms with Gasteiger partial charge in [-0.05, 0) is 25.1 Å².